The molecule has 20 heavy (non-hydrogen) atoms. The molecule has 1 aliphatic carbocycles. The Morgan fingerprint density at radius 1 is 1.30 bits per heavy atom. The van der Waals surface area contributed by atoms with Gasteiger partial charge in [0.1, 0.15) is 5.69 Å². The minimum absolute atomic E-state index is 0.388. The van der Waals surface area contributed by atoms with E-state index in [4.69, 9.17) is 9.78 Å². The number of hydrogen-bond acceptors (Lipinski definition) is 5. The molecule has 2 aromatic heterocycles. The van der Waals surface area contributed by atoms with Crippen LogP contribution in [0.5, 0.6) is 0 Å². The van der Waals surface area contributed by atoms with Crippen LogP contribution in [0.3, 0.4) is 0 Å². The van der Waals surface area contributed by atoms with E-state index in [1.165, 1.54) is 0 Å². The van der Waals surface area contributed by atoms with Crippen molar-refractivity contribution in [3.05, 3.63) is 60.1 Å². The maximum Gasteiger partial charge on any atom is 0.276 e. The molecule has 2 aromatic rings. The van der Waals surface area contributed by atoms with Crippen molar-refractivity contribution in [2.24, 2.45) is 0 Å². The molecular formula is C15H10N4O. The van der Waals surface area contributed by atoms with E-state index >= 15 is 0 Å². The standard InChI is InChI=1S/C15H10N4O/c16-10-11-4-3-5-12(8-7-11)14-18-15(20-19-14)13-6-1-2-9-17-13/h1-7,9H,8H2. The molecule has 0 saturated carbocycles. The molecule has 0 amide bonds. The first kappa shape index (κ1) is 12.1. The Kier molecular flexibility index (Phi) is 3.21. The lowest BCUT2D eigenvalue weighted by molar-refractivity contribution is 0.427. The first-order chi connectivity index (χ1) is 9.86. The quantitative estimate of drug-likeness (QED) is 0.831. The van der Waals surface area contributed by atoms with E-state index in [1.54, 1.807) is 12.3 Å². The van der Waals surface area contributed by atoms with E-state index in [0.29, 0.717) is 29.4 Å². The fraction of sp³-hybridized carbons (Fsp3) is 0.0667. The predicted octanol–water partition coefficient (Wildman–Crippen LogP) is 2.92. The molecule has 3 rings (SSSR count). The van der Waals surface area contributed by atoms with Gasteiger partial charge in [0.15, 0.2) is 5.82 Å². The largest absolute Gasteiger partial charge is 0.332 e. The van der Waals surface area contributed by atoms with Crippen molar-refractivity contribution in [1.82, 2.24) is 15.1 Å². The summed E-state index contributed by atoms with van der Waals surface area (Å²) < 4.78 is 5.22. The summed E-state index contributed by atoms with van der Waals surface area (Å²) in [5.74, 6) is 0.907. The van der Waals surface area contributed by atoms with Gasteiger partial charge in [-0.2, -0.15) is 10.2 Å². The Morgan fingerprint density at radius 3 is 3.05 bits per heavy atom. The minimum atomic E-state index is 0.388. The first-order valence-electron chi connectivity index (χ1n) is 6.10. The highest BCUT2D eigenvalue weighted by molar-refractivity contribution is 5.66. The summed E-state index contributed by atoms with van der Waals surface area (Å²) in [5, 5.41) is 12.8. The predicted molar refractivity (Wildman–Crippen MR) is 73.0 cm³/mol. The number of nitrogens with zero attached hydrogens (tertiary/aromatic N) is 4. The Morgan fingerprint density at radius 2 is 2.25 bits per heavy atom. The van der Waals surface area contributed by atoms with Gasteiger partial charge in [0.25, 0.3) is 5.89 Å². The van der Waals surface area contributed by atoms with Crippen LogP contribution < -0.4 is 0 Å². The zero-order valence-electron chi connectivity index (χ0n) is 10.5. The van der Waals surface area contributed by atoms with E-state index in [1.807, 2.05) is 36.4 Å². The van der Waals surface area contributed by atoms with Crippen molar-refractivity contribution < 1.29 is 4.52 Å². The van der Waals surface area contributed by atoms with Crippen LogP contribution in [0.15, 0.2) is 58.8 Å². The maximum absolute atomic E-state index is 8.87. The van der Waals surface area contributed by atoms with Gasteiger partial charge >= 0.3 is 0 Å². The number of hydrogen-bond donors (Lipinski definition) is 0. The normalized spacial score (nSPS) is 14.2. The summed E-state index contributed by atoms with van der Waals surface area (Å²) in [5.41, 5.74) is 2.17. The second-order valence-corrected chi connectivity index (χ2v) is 4.16. The van der Waals surface area contributed by atoms with Gasteiger partial charge in [0.05, 0.1) is 6.07 Å². The Hall–Kier alpha value is -3.00. The smallest absolute Gasteiger partial charge is 0.276 e. The van der Waals surface area contributed by atoms with Gasteiger partial charge in [0, 0.05) is 17.3 Å². The fourth-order valence-corrected chi connectivity index (χ4v) is 1.82. The van der Waals surface area contributed by atoms with Crippen molar-refractivity contribution in [3.63, 3.8) is 0 Å². The molecule has 5 heteroatoms. The Labute approximate surface area is 115 Å². The summed E-state index contributed by atoms with van der Waals surface area (Å²) in [6.45, 7) is 0. The average Bonchev–Trinajstić information content (AvgIpc) is 2.87. The van der Waals surface area contributed by atoms with Crippen LogP contribution in [-0.4, -0.2) is 15.1 Å². The minimum Gasteiger partial charge on any atom is -0.332 e. The van der Waals surface area contributed by atoms with Crippen molar-refractivity contribution in [1.29, 1.82) is 5.26 Å². The lowest BCUT2D eigenvalue weighted by Crippen LogP contribution is -1.87. The fourth-order valence-electron chi connectivity index (χ4n) is 1.82. The van der Waals surface area contributed by atoms with Gasteiger partial charge in [-0.05, 0) is 24.6 Å². The summed E-state index contributed by atoms with van der Waals surface area (Å²) in [4.78, 5) is 8.51. The average molecular weight is 262 g/mol. The van der Waals surface area contributed by atoms with Crippen molar-refractivity contribution in [2.45, 2.75) is 6.42 Å². The van der Waals surface area contributed by atoms with Crippen molar-refractivity contribution in [2.75, 3.05) is 0 Å². The molecule has 0 N–H and O–H groups in total. The van der Waals surface area contributed by atoms with Crippen molar-refractivity contribution >= 4 is 5.57 Å². The van der Waals surface area contributed by atoms with Crippen LogP contribution in [0, 0.1) is 11.3 Å². The van der Waals surface area contributed by atoms with E-state index in [0.717, 1.165) is 5.57 Å². The monoisotopic (exact) mass is 262 g/mol. The summed E-state index contributed by atoms with van der Waals surface area (Å²) in [7, 11) is 0. The second-order valence-electron chi connectivity index (χ2n) is 4.16. The zero-order valence-corrected chi connectivity index (χ0v) is 10.5. The molecule has 5 nitrogen and oxygen atoms in total. The van der Waals surface area contributed by atoms with Crippen LogP contribution in [0.4, 0.5) is 0 Å². The molecule has 0 saturated heterocycles. The molecule has 0 fully saturated rings. The molecule has 0 aromatic carbocycles. The number of aromatic nitrogens is 3. The van der Waals surface area contributed by atoms with Gasteiger partial charge in [-0.3, -0.25) is 4.98 Å². The third-order valence-electron chi connectivity index (χ3n) is 2.84. The molecule has 0 bridgehead atoms. The molecule has 96 valence electrons. The lowest BCUT2D eigenvalue weighted by Gasteiger charge is -1.94. The number of rotatable bonds is 2. The third kappa shape index (κ3) is 2.40. The van der Waals surface area contributed by atoms with Crippen LogP contribution in [0.2, 0.25) is 0 Å². The highest BCUT2D eigenvalue weighted by Crippen LogP contribution is 2.22. The number of pyridine rings is 1. The SMILES string of the molecule is N#CC1=CCC(c2noc(-c3ccccn3)n2)=CC=C1. The Bertz CT molecular complexity index is 748. The van der Waals surface area contributed by atoms with E-state index < -0.39 is 0 Å². The van der Waals surface area contributed by atoms with E-state index in [9.17, 15) is 0 Å². The molecular weight excluding hydrogens is 252 g/mol. The number of nitriles is 1. The summed E-state index contributed by atoms with van der Waals surface area (Å²) >= 11 is 0. The van der Waals surface area contributed by atoms with Gasteiger partial charge in [-0.1, -0.05) is 29.5 Å². The molecule has 0 unspecified atom stereocenters. The molecule has 0 radical (unpaired) electrons. The van der Waals surface area contributed by atoms with Crippen LogP contribution in [-0.2, 0) is 0 Å². The Balaban J connectivity index is 1.89. The topological polar surface area (TPSA) is 75.6 Å². The summed E-state index contributed by atoms with van der Waals surface area (Å²) in [6, 6.07) is 7.62. The van der Waals surface area contributed by atoms with Crippen LogP contribution in [0.1, 0.15) is 12.2 Å². The second kappa shape index (κ2) is 5.33. The van der Waals surface area contributed by atoms with Crippen molar-refractivity contribution in [3.8, 4) is 17.7 Å². The first-order valence-corrected chi connectivity index (χ1v) is 6.10. The van der Waals surface area contributed by atoms with Gasteiger partial charge in [-0.25, -0.2) is 0 Å². The van der Waals surface area contributed by atoms with Gasteiger partial charge < -0.3 is 4.52 Å². The molecule has 1 aliphatic rings. The highest BCUT2D eigenvalue weighted by atomic mass is 16.5. The molecule has 0 spiro atoms. The molecule has 0 atom stereocenters. The molecule has 0 aliphatic heterocycles. The van der Waals surface area contributed by atoms with E-state index in [2.05, 4.69) is 21.2 Å². The highest BCUT2D eigenvalue weighted by Gasteiger charge is 2.13. The number of allylic oxidation sites excluding steroid dienone is 6. The van der Waals surface area contributed by atoms with Gasteiger partial charge in [-0.15, -0.1) is 0 Å². The van der Waals surface area contributed by atoms with Crippen LogP contribution in [0.25, 0.3) is 17.2 Å². The third-order valence-corrected chi connectivity index (χ3v) is 2.84. The van der Waals surface area contributed by atoms with E-state index in [-0.39, 0.29) is 0 Å². The van der Waals surface area contributed by atoms with Crippen LogP contribution >= 0.6 is 0 Å². The zero-order chi connectivity index (χ0) is 13.8. The van der Waals surface area contributed by atoms with Gasteiger partial charge in [0.2, 0.25) is 0 Å². The maximum atomic E-state index is 8.87. The molecule has 2 heterocycles. The summed E-state index contributed by atoms with van der Waals surface area (Å²) in [6.07, 6.45) is 9.56. The lowest BCUT2D eigenvalue weighted by atomic mass is 10.1.